The molecule has 18 heavy (non-hydrogen) atoms. The molecule has 1 aliphatic carbocycles. The third-order valence-corrected chi connectivity index (χ3v) is 4.18. The fourth-order valence-electron chi connectivity index (χ4n) is 2.86. The van der Waals surface area contributed by atoms with Gasteiger partial charge in [0.1, 0.15) is 0 Å². The fourth-order valence-corrected chi connectivity index (χ4v) is 2.86. The molecule has 1 fully saturated rings. The van der Waals surface area contributed by atoms with Crippen molar-refractivity contribution >= 4 is 5.97 Å². The molecule has 0 aromatic rings. The normalized spacial score (nSPS) is 19.4. The number of carboxylic acid groups (broad SMARTS) is 1. The minimum Gasteiger partial charge on any atom is -0.481 e. The second kappa shape index (κ2) is 9.37. The van der Waals surface area contributed by atoms with Crippen LogP contribution in [0.25, 0.3) is 0 Å². The van der Waals surface area contributed by atoms with E-state index in [2.05, 4.69) is 12.2 Å². The SMILES string of the molecule is CCC(CCNC1CCCCCC1)CCC(=O)O. The molecule has 3 heteroatoms. The first kappa shape index (κ1) is 15.5. The Morgan fingerprint density at radius 2 is 1.89 bits per heavy atom. The zero-order valence-electron chi connectivity index (χ0n) is 11.8. The number of aliphatic carboxylic acids is 1. The summed E-state index contributed by atoms with van der Waals surface area (Å²) in [4.78, 5) is 10.6. The zero-order chi connectivity index (χ0) is 13.2. The predicted molar refractivity (Wildman–Crippen MR) is 74.8 cm³/mol. The third-order valence-electron chi connectivity index (χ3n) is 4.18. The molecule has 3 nitrogen and oxygen atoms in total. The van der Waals surface area contributed by atoms with Crippen LogP contribution in [0.1, 0.15) is 71.1 Å². The maximum Gasteiger partial charge on any atom is 0.303 e. The molecule has 2 N–H and O–H groups in total. The quantitative estimate of drug-likeness (QED) is 0.652. The van der Waals surface area contributed by atoms with Crippen molar-refractivity contribution in [3.8, 4) is 0 Å². The summed E-state index contributed by atoms with van der Waals surface area (Å²) in [5, 5.41) is 12.4. The van der Waals surface area contributed by atoms with E-state index < -0.39 is 5.97 Å². The van der Waals surface area contributed by atoms with Gasteiger partial charge in [-0.3, -0.25) is 4.79 Å². The van der Waals surface area contributed by atoms with Crippen LogP contribution in [0, 0.1) is 5.92 Å². The number of rotatable bonds is 8. The van der Waals surface area contributed by atoms with Crippen molar-refractivity contribution in [2.75, 3.05) is 6.54 Å². The molecule has 0 aromatic heterocycles. The summed E-state index contributed by atoms with van der Waals surface area (Å²) in [7, 11) is 0. The highest BCUT2D eigenvalue weighted by Crippen LogP contribution is 2.18. The molecule has 0 aromatic carbocycles. The summed E-state index contributed by atoms with van der Waals surface area (Å²) >= 11 is 0. The highest BCUT2D eigenvalue weighted by atomic mass is 16.4. The lowest BCUT2D eigenvalue weighted by atomic mass is 9.96. The van der Waals surface area contributed by atoms with Crippen molar-refractivity contribution < 1.29 is 9.90 Å². The lowest BCUT2D eigenvalue weighted by Crippen LogP contribution is -2.30. The molecule has 0 heterocycles. The minimum absolute atomic E-state index is 0.321. The molecule has 0 saturated heterocycles. The summed E-state index contributed by atoms with van der Waals surface area (Å²) in [6.45, 7) is 3.22. The molecule has 1 atom stereocenters. The van der Waals surface area contributed by atoms with Gasteiger partial charge in [-0.2, -0.15) is 0 Å². The van der Waals surface area contributed by atoms with Crippen LogP contribution in [0.4, 0.5) is 0 Å². The van der Waals surface area contributed by atoms with Crippen LogP contribution in [-0.2, 0) is 4.79 Å². The maximum atomic E-state index is 10.6. The van der Waals surface area contributed by atoms with E-state index in [1.807, 2.05) is 0 Å². The van der Waals surface area contributed by atoms with Crippen LogP contribution in [-0.4, -0.2) is 23.7 Å². The number of nitrogens with one attached hydrogen (secondary N) is 1. The highest BCUT2D eigenvalue weighted by Gasteiger charge is 2.13. The van der Waals surface area contributed by atoms with Gasteiger partial charge in [0.15, 0.2) is 0 Å². The van der Waals surface area contributed by atoms with Gasteiger partial charge < -0.3 is 10.4 Å². The summed E-state index contributed by atoms with van der Waals surface area (Å²) in [5.41, 5.74) is 0. The molecule has 1 rings (SSSR count). The predicted octanol–water partition coefficient (Wildman–Crippen LogP) is 3.58. The van der Waals surface area contributed by atoms with E-state index in [1.165, 1.54) is 38.5 Å². The van der Waals surface area contributed by atoms with Gasteiger partial charge in [-0.05, 0) is 38.1 Å². The van der Waals surface area contributed by atoms with E-state index in [4.69, 9.17) is 5.11 Å². The van der Waals surface area contributed by atoms with Crippen molar-refractivity contribution in [2.24, 2.45) is 5.92 Å². The first-order valence-electron chi connectivity index (χ1n) is 7.67. The molecular formula is C15H29NO2. The molecule has 1 saturated carbocycles. The average molecular weight is 255 g/mol. The molecule has 0 bridgehead atoms. The lowest BCUT2D eigenvalue weighted by Gasteiger charge is -2.19. The van der Waals surface area contributed by atoms with E-state index in [1.54, 1.807) is 0 Å². The Labute approximate surface area is 111 Å². The first-order valence-corrected chi connectivity index (χ1v) is 7.67. The Kier molecular flexibility index (Phi) is 8.06. The minimum atomic E-state index is -0.662. The Balaban J connectivity index is 2.11. The number of hydrogen-bond acceptors (Lipinski definition) is 2. The standard InChI is InChI=1S/C15H29NO2/c1-2-13(9-10-15(17)18)11-12-16-14-7-5-3-4-6-8-14/h13-14,16H,2-12H2,1H3,(H,17,18). The monoisotopic (exact) mass is 255 g/mol. The van der Waals surface area contributed by atoms with Gasteiger partial charge in [0, 0.05) is 12.5 Å². The highest BCUT2D eigenvalue weighted by molar-refractivity contribution is 5.66. The molecular weight excluding hydrogens is 226 g/mol. The summed E-state index contributed by atoms with van der Waals surface area (Å²) < 4.78 is 0. The van der Waals surface area contributed by atoms with E-state index in [0.717, 1.165) is 25.8 Å². The summed E-state index contributed by atoms with van der Waals surface area (Å²) in [5.74, 6) is -0.0930. The van der Waals surface area contributed by atoms with Crippen molar-refractivity contribution in [1.82, 2.24) is 5.32 Å². The Morgan fingerprint density at radius 3 is 2.44 bits per heavy atom. The number of carbonyl (C=O) groups is 1. The molecule has 0 radical (unpaired) electrons. The topological polar surface area (TPSA) is 49.3 Å². The summed E-state index contributed by atoms with van der Waals surface area (Å²) in [6, 6.07) is 0.712. The van der Waals surface area contributed by atoms with Crippen LogP contribution in [0.3, 0.4) is 0 Å². The first-order chi connectivity index (χ1) is 8.72. The van der Waals surface area contributed by atoms with E-state index >= 15 is 0 Å². The van der Waals surface area contributed by atoms with Gasteiger partial charge >= 0.3 is 5.97 Å². The van der Waals surface area contributed by atoms with Gasteiger partial charge in [0.25, 0.3) is 0 Å². The van der Waals surface area contributed by atoms with E-state index in [-0.39, 0.29) is 0 Å². The second-order valence-corrected chi connectivity index (χ2v) is 5.64. The Bertz CT molecular complexity index is 223. The van der Waals surface area contributed by atoms with Crippen LogP contribution in [0.15, 0.2) is 0 Å². The molecule has 1 aliphatic rings. The Morgan fingerprint density at radius 1 is 1.22 bits per heavy atom. The molecule has 106 valence electrons. The zero-order valence-corrected chi connectivity index (χ0v) is 11.8. The van der Waals surface area contributed by atoms with E-state index in [0.29, 0.717) is 18.4 Å². The average Bonchev–Trinajstić information content (AvgIpc) is 2.62. The van der Waals surface area contributed by atoms with Crippen LogP contribution in [0.2, 0.25) is 0 Å². The fraction of sp³-hybridized carbons (Fsp3) is 0.933. The van der Waals surface area contributed by atoms with Gasteiger partial charge in [-0.25, -0.2) is 0 Å². The van der Waals surface area contributed by atoms with Crippen LogP contribution >= 0.6 is 0 Å². The smallest absolute Gasteiger partial charge is 0.303 e. The Hall–Kier alpha value is -0.570. The number of hydrogen-bond donors (Lipinski definition) is 2. The summed E-state index contributed by atoms with van der Waals surface area (Å²) in [6.07, 6.45) is 11.6. The van der Waals surface area contributed by atoms with Crippen LogP contribution in [0.5, 0.6) is 0 Å². The van der Waals surface area contributed by atoms with Crippen molar-refractivity contribution in [2.45, 2.75) is 77.2 Å². The van der Waals surface area contributed by atoms with Gasteiger partial charge in [-0.15, -0.1) is 0 Å². The largest absolute Gasteiger partial charge is 0.481 e. The molecule has 0 aliphatic heterocycles. The molecule has 0 amide bonds. The van der Waals surface area contributed by atoms with E-state index in [9.17, 15) is 4.79 Å². The molecule has 0 spiro atoms. The maximum absolute atomic E-state index is 10.6. The van der Waals surface area contributed by atoms with Crippen molar-refractivity contribution in [1.29, 1.82) is 0 Å². The van der Waals surface area contributed by atoms with Gasteiger partial charge in [0.05, 0.1) is 0 Å². The van der Waals surface area contributed by atoms with Gasteiger partial charge in [0.2, 0.25) is 0 Å². The van der Waals surface area contributed by atoms with Gasteiger partial charge in [-0.1, -0.05) is 39.0 Å². The molecule has 1 unspecified atom stereocenters. The van der Waals surface area contributed by atoms with Crippen molar-refractivity contribution in [3.63, 3.8) is 0 Å². The lowest BCUT2D eigenvalue weighted by molar-refractivity contribution is -0.137. The van der Waals surface area contributed by atoms with Crippen molar-refractivity contribution in [3.05, 3.63) is 0 Å². The third kappa shape index (κ3) is 7.00. The second-order valence-electron chi connectivity index (χ2n) is 5.64. The van der Waals surface area contributed by atoms with Crippen LogP contribution < -0.4 is 5.32 Å². The number of carboxylic acids is 1.